The molecule has 0 saturated heterocycles. The molecule has 2 aromatic rings. The van der Waals surface area contributed by atoms with Gasteiger partial charge in [0.15, 0.2) is 0 Å². The molecule has 0 heterocycles. The first-order valence-electron chi connectivity index (χ1n) is 6.11. The maximum atomic E-state index is 5.22. The Morgan fingerprint density at radius 3 is 1.47 bits per heavy atom. The molecule has 0 N–H and O–H groups in total. The molecule has 0 radical (unpaired) electrons. The Kier molecular flexibility index (Phi) is 5.30. The minimum absolute atomic E-state index is 0.201. The van der Waals surface area contributed by atoms with Gasteiger partial charge in [0.05, 0.1) is 12.5 Å². The molecule has 0 aromatic heterocycles. The van der Waals surface area contributed by atoms with Crippen LogP contribution in [0, 0.1) is 0 Å². The maximum absolute atomic E-state index is 5.22. The molecule has 2 heteroatoms. The van der Waals surface area contributed by atoms with Crippen molar-refractivity contribution in [3.63, 3.8) is 0 Å². The van der Waals surface area contributed by atoms with E-state index in [-0.39, 0.29) is 6.79 Å². The number of benzene rings is 2. The van der Waals surface area contributed by atoms with Crippen LogP contribution in [0.4, 0.5) is 0 Å². The summed E-state index contributed by atoms with van der Waals surface area (Å²) >= 11 is 0. The second-order valence-corrected chi connectivity index (χ2v) is 3.88. The Hall–Kier alpha value is -2.48. The highest BCUT2D eigenvalue weighted by Crippen LogP contribution is 2.02. The minimum atomic E-state index is 0.201. The fourth-order valence-corrected chi connectivity index (χ4v) is 1.50. The Labute approximate surface area is 113 Å². The monoisotopic (exact) mass is 252 g/mol. The van der Waals surface area contributed by atoms with Gasteiger partial charge in [0.2, 0.25) is 6.79 Å². The fraction of sp³-hybridized carbons (Fsp3) is 0.0588. The van der Waals surface area contributed by atoms with Crippen molar-refractivity contribution in [2.45, 2.75) is 0 Å². The van der Waals surface area contributed by atoms with E-state index < -0.39 is 0 Å². The predicted octanol–water partition coefficient (Wildman–Crippen LogP) is 4.32. The Balaban J connectivity index is 1.65. The zero-order chi connectivity index (χ0) is 13.2. The molecular formula is C17H16O2. The zero-order valence-corrected chi connectivity index (χ0v) is 10.6. The highest BCUT2D eigenvalue weighted by Gasteiger charge is 1.84. The summed E-state index contributed by atoms with van der Waals surface area (Å²) in [5.41, 5.74) is 2.20. The molecule has 96 valence electrons. The second-order valence-electron chi connectivity index (χ2n) is 3.88. The number of rotatable bonds is 6. The van der Waals surface area contributed by atoms with Gasteiger partial charge in [-0.2, -0.15) is 0 Å². The van der Waals surface area contributed by atoms with Gasteiger partial charge >= 0.3 is 0 Å². The van der Waals surface area contributed by atoms with Crippen molar-refractivity contribution < 1.29 is 9.47 Å². The number of hydrogen-bond acceptors (Lipinski definition) is 2. The van der Waals surface area contributed by atoms with Crippen molar-refractivity contribution in [2.24, 2.45) is 0 Å². The lowest BCUT2D eigenvalue weighted by Gasteiger charge is -1.99. The number of hydrogen-bond donors (Lipinski definition) is 0. The third kappa shape index (κ3) is 5.13. The van der Waals surface area contributed by atoms with Gasteiger partial charge in [-0.05, 0) is 23.3 Å². The highest BCUT2D eigenvalue weighted by atomic mass is 16.7. The van der Waals surface area contributed by atoms with E-state index in [2.05, 4.69) is 0 Å². The molecule has 0 bridgehead atoms. The normalized spacial score (nSPS) is 10.9. The molecule has 0 aliphatic heterocycles. The Morgan fingerprint density at radius 1 is 0.632 bits per heavy atom. The van der Waals surface area contributed by atoms with Crippen LogP contribution in [-0.2, 0) is 9.47 Å². The molecule has 0 unspecified atom stereocenters. The maximum Gasteiger partial charge on any atom is 0.229 e. The van der Waals surface area contributed by atoms with E-state index in [1.54, 1.807) is 12.5 Å². The van der Waals surface area contributed by atoms with Crippen LogP contribution in [0.15, 0.2) is 73.2 Å². The van der Waals surface area contributed by atoms with Crippen LogP contribution in [0.1, 0.15) is 11.1 Å². The summed E-state index contributed by atoms with van der Waals surface area (Å²) < 4.78 is 10.4. The van der Waals surface area contributed by atoms with Crippen molar-refractivity contribution in [1.29, 1.82) is 0 Å². The molecular weight excluding hydrogens is 236 g/mol. The zero-order valence-electron chi connectivity index (χ0n) is 10.6. The number of ether oxygens (including phenoxy) is 2. The summed E-state index contributed by atoms with van der Waals surface area (Å²) in [4.78, 5) is 0. The van der Waals surface area contributed by atoms with Crippen molar-refractivity contribution >= 4 is 12.2 Å². The van der Waals surface area contributed by atoms with E-state index in [9.17, 15) is 0 Å². The van der Waals surface area contributed by atoms with Gasteiger partial charge in [-0.15, -0.1) is 0 Å². The van der Waals surface area contributed by atoms with Crippen LogP contribution < -0.4 is 0 Å². The summed E-state index contributed by atoms with van der Waals surface area (Å²) in [7, 11) is 0. The van der Waals surface area contributed by atoms with E-state index >= 15 is 0 Å². The van der Waals surface area contributed by atoms with Gasteiger partial charge in [-0.1, -0.05) is 60.7 Å². The van der Waals surface area contributed by atoms with E-state index in [4.69, 9.17) is 9.47 Å². The van der Waals surface area contributed by atoms with Crippen molar-refractivity contribution in [3.05, 3.63) is 84.3 Å². The first-order chi connectivity index (χ1) is 9.45. The SMILES string of the molecule is C(=Cc1ccccc1)OCOC=Cc1ccccc1. The first-order valence-corrected chi connectivity index (χ1v) is 6.11. The lowest BCUT2D eigenvalue weighted by Crippen LogP contribution is -1.87. The van der Waals surface area contributed by atoms with E-state index in [0.717, 1.165) is 11.1 Å². The van der Waals surface area contributed by atoms with Crippen molar-refractivity contribution in [1.82, 2.24) is 0 Å². The molecule has 0 saturated carbocycles. The molecule has 19 heavy (non-hydrogen) atoms. The van der Waals surface area contributed by atoms with Gasteiger partial charge < -0.3 is 9.47 Å². The topological polar surface area (TPSA) is 18.5 Å². The third-order valence-electron chi connectivity index (χ3n) is 2.45. The van der Waals surface area contributed by atoms with Crippen LogP contribution in [0.25, 0.3) is 12.2 Å². The summed E-state index contributed by atoms with van der Waals surface area (Å²) in [6, 6.07) is 19.9. The molecule has 0 amide bonds. The summed E-state index contributed by atoms with van der Waals surface area (Å²) in [6.07, 6.45) is 7.05. The molecule has 0 fully saturated rings. The largest absolute Gasteiger partial charge is 0.465 e. The van der Waals surface area contributed by atoms with E-state index in [1.165, 1.54) is 0 Å². The smallest absolute Gasteiger partial charge is 0.229 e. The van der Waals surface area contributed by atoms with Crippen LogP contribution >= 0.6 is 0 Å². The lowest BCUT2D eigenvalue weighted by atomic mass is 10.2. The summed E-state index contributed by atoms with van der Waals surface area (Å²) in [6.45, 7) is 0.201. The van der Waals surface area contributed by atoms with Gasteiger partial charge in [0, 0.05) is 0 Å². The molecule has 2 nitrogen and oxygen atoms in total. The van der Waals surface area contributed by atoms with Gasteiger partial charge in [0.25, 0.3) is 0 Å². The molecule has 0 atom stereocenters. The minimum Gasteiger partial charge on any atom is -0.465 e. The van der Waals surface area contributed by atoms with E-state index in [0.29, 0.717) is 0 Å². The molecule has 0 aliphatic carbocycles. The Bertz CT molecular complexity index is 466. The Morgan fingerprint density at radius 2 is 1.05 bits per heavy atom. The van der Waals surface area contributed by atoms with Crippen LogP contribution in [-0.4, -0.2) is 6.79 Å². The first kappa shape index (κ1) is 13.0. The summed E-state index contributed by atoms with van der Waals surface area (Å²) in [5, 5.41) is 0. The standard InChI is InChI=1S/C17H16O2/c1-3-7-16(8-4-1)11-13-18-15-19-14-12-17-9-5-2-6-10-17/h1-14H,15H2. The summed E-state index contributed by atoms with van der Waals surface area (Å²) in [5.74, 6) is 0. The van der Waals surface area contributed by atoms with Crippen molar-refractivity contribution in [2.75, 3.05) is 6.79 Å². The average molecular weight is 252 g/mol. The molecule has 2 rings (SSSR count). The van der Waals surface area contributed by atoms with Crippen molar-refractivity contribution in [3.8, 4) is 0 Å². The average Bonchev–Trinajstić information content (AvgIpc) is 2.48. The molecule has 0 spiro atoms. The second kappa shape index (κ2) is 7.77. The predicted molar refractivity (Wildman–Crippen MR) is 78.0 cm³/mol. The molecule has 0 aliphatic rings. The van der Waals surface area contributed by atoms with E-state index in [1.807, 2.05) is 72.8 Å². The fourth-order valence-electron chi connectivity index (χ4n) is 1.50. The van der Waals surface area contributed by atoms with Gasteiger partial charge in [-0.3, -0.25) is 0 Å². The highest BCUT2D eigenvalue weighted by molar-refractivity contribution is 5.48. The third-order valence-corrected chi connectivity index (χ3v) is 2.45. The van der Waals surface area contributed by atoms with Gasteiger partial charge in [-0.25, -0.2) is 0 Å². The lowest BCUT2D eigenvalue weighted by molar-refractivity contribution is 0.0473. The van der Waals surface area contributed by atoms with Crippen LogP contribution in [0.2, 0.25) is 0 Å². The van der Waals surface area contributed by atoms with Crippen LogP contribution in [0.5, 0.6) is 0 Å². The van der Waals surface area contributed by atoms with Crippen LogP contribution in [0.3, 0.4) is 0 Å². The van der Waals surface area contributed by atoms with Gasteiger partial charge in [0.1, 0.15) is 0 Å². The quantitative estimate of drug-likeness (QED) is 0.433. The molecule has 2 aromatic carbocycles.